The maximum absolute atomic E-state index is 12.6. The molecule has 0 saturated heterocycles. The first-order valence-electron chi connectivity index (χ1n) is 8.67. The number of carbonyl (C=O) groups is 1. The van der Waals surface area contributed by atoms with Gasteiger partial charge in [0.1, 0.15) is 17.5 Å². The van der Waals surface area contributed by atoms with Crippen molar-refractivity contribution in [2.75, 3.05) is 5.32 Å². The predicted molar refractivity (Wildman–Crippen MR) is 108 cm³/mol. The molecular weight excluding hydrogens is 368 g/mol. The summed E-state index contributed by atoms with van der Waals surface area (Å²) < 4.78 is 1.32. The van der Waals surface area contributed by atoms with Gasteiger partial charge in [0, 0.05) is 11.6 Å². The molecule has 0 spiro atoms. The summed E-state index contributed by atoms with van der Waals surface area (Å²) in [6, 6.07) is 21.2. The molecule has 0 saturated carbocycles. The Labute approximate surface area is 164 Å². The summed E-state index contributed by atoms with van der Waals surface area (Å²) in [6.07, 6.45) is 1.46. The second-order valence-electron chi connectivity index (χ2n) is 6.09. The van der Waals surface area contributed by atoms with Gasteiger partial charge >= 0.3 is 0 Å². The summed E-state index contributed by atoms with van der Waals surface area (Å²) in [5.74, 6) is -0.0391. The van der Waals surface area contributed by atoms with Crippen LogP contribution in [-0.2, 0) is 4.79 Å². The number of hydrogen-bond donors (Lipinski definition) is 2. The lowest BCUT2D eigenvalue weighted by atomic mass is 10.1. The van der Waals surface area contributed by atoms with Gasteiger partial charge in [-0.3, -0.25) is 9.59 Å². The molecule has 4 aromatic rings. The number of rotatable bonds is 4. The molecule has 140 valence electrons. The van der Waals surface area contributed by atoms with Crippen molar-refractivity contribution in [1.82, 2.24) is 19.6 Å². The Morgan fingerprint density at radius 2 is 1.79 bits per heavy atom. The highest BCUT2D eigenvalue weighted by molar-refractivity contribution is 6.09. The average molecular weight is 382 g/mol. The van der Waals surface area contributed by atoms with E-state index >= 15 is 0 Å². The van der Waals surface area contributed by atoms with E-state index in [9.17, 15) is 14.9 Å². The Hall–Kier alpha value is -4.51. The second-order valence-corrected chi connectivity index (χ2v) is 6.09. The molecule has 0 unspecified atom stereocenters. The number of hydrogen-bond acceptors (Lipinski definition) is 5. The van der Waals surface area contributed by atoms with Crippen LogP contribution >= 0.6 is 0 Å². The highest BCUT2D eigenvalue weighted by Crippen LogP contribution is 2.16. The Morgan fingerprint density at radius 1 is 1.10 bits per heavy atom. The van der Waals surface area contributed by atoms with Crippen molar-refractivity contribution < 1.29 is 4.79 Å². The van der Waals surface area contributed by atoms with Gasteiger partial charge in [0.2, 0.25) is 5.78 Å². The van der Waals surface area contributed by atoms with Crippen molar-refractivity contribution in [3.63, 3.8) is 0 Å². The predicted octanol–water partition coefficient (Wildman–Crippen LogP) is 2.63. The van der Waals surface area contributed by atoms with Crippen molar-refractivity contribution >= 4 is 23.6 Å². The summed E-state index contributed by atoms with van der Waals surface area (Å²) in [5.41, 5.74) is 0.942. The lowest BCUT2D eigenvalue weighted by Crippen LogP contribution is -2.20. The lowest BCUT2D eigenvalue weighted by molar-refractivity contribution is -0.112. The molecule has 2 heterocycles. The second kappa shape index (κ2) is 7.62. The van der Waals surface area contributed by atoms with Crippen LogP contribution in [0.2, 0.25) is 0 Å². The van der Waals surface area contributed by atoms with E-state index in [1.807, 2.05) is 42.5 Å². The molecule has 2 N–H and O–H groups in total. The number of nitrogens with zero attached hydrogens (tertiary/aromatic N) is 4. The number of fused-ring (bicyclic) bond motifs is 1. The maximum atomic E-state index is 12.6. The number of aromatic amines is 1. The van der Waals surface area contributed by atoms with E-state index < -0.39 is 11.5 Å². The van der Waals surface area contributed by atoms with Gasteiger partial charge in [-0.2, -0.15) is 15.3 Å². The molecule has 8 nitrogen and oxygen atoms in total. The number of nitriles is 1. The Kier molecular flexibility index (Phi) is 4.70. The SMILES string of the molecule is N#C/C(=C\c1ccccc1)C(=O)Nc1cc(=O)n2c(-c3ccccc3)n[nH]c2n1. The maximum Gasteiger partial charge on any atom is 0.267 e. The minimum absolute atomic E-state index is 0.0254. The standard InChI is InChI=1S/C21H14N6O2/c22-13-16(11-14-7-3-1-4-8-14)20(29)23-17-12-18(28)27-19(25-26-21(27)24-17)15-9-5-2-6-10-15/h1-12H,(H,23,29)(H,24,26)/b16-11+. The van der Waals surface area contributed by atoms with Crippen LogP contribution in [0, 0.1) is 11.3 Å². The zero-order valence-corrected chi connectivity index (χ0v) is 15.0. The Morgan fingerprint density at radius 3 is 2.48 bits per heavy atom. The fourth-order valence-corrected chi connectivity index (χ4v) is 2.81. The molecule has 0 aliphatic carbocycles. The number of nitrogens with one attached hydrogen (secondary N) is 2. The lowest BCUT2D eigenvalue weighted by Gasteiger charge is -2.04. The van der Waals surface area contributed by atoms with Crippen LogP contribution < -0.4 is 10.9 Å². The average Bonchev–Trinajstić information content (AvgIpc) is 3.18. The van der Waals surface area contributed by atoms with Crippen LogP contribution in [0.5, 0.6) is 0 Å². The molecule has 0 aliphatic rings. The molecule has 2 aromatic carbocycles. The van der Waals surface area contributed by atoms with Crippen LogP contribution in [0.25, 0.3) is 23.2 Å². The van der Waals surface area contributed by atoms with Crippen LogP contribution in [-0.4, -0.2) is 25.5 Å². The minimum Gasteiger partial charge on any atom is -0.306 e. The van der Waals surface area contributed by atoms with E-state index in [0.717, 1.165) is 5.56 Å². The van der Waals surface area contributed by atoms with Crippen LogP contribution in [0.15, 0.2) is 77.1 Å². The van der Waals surface area contributed by atoms with Crippen molar-refractivity contribution in [2.45, 2.75) is 0 Å². The van der Waals surface area contributed by atoms with Gasteiger partial charge in [0.25, 0.3) is 11.5 Å². The van der Waals surface area contributed by atoms with E-state index in [1.165, 1.54) is 16.5 Å². The van der Waals surface area contributed by atoms with E-state index in [4.69, 9.17) is 0 Å². The van der Waals surface area contributed by atoms with Gasteiger partial charge in [0.05, 0.1) is 0 Å². The van der Waals surface area contributed by atoms with Gasteiger partial charge in [-0.05, 0) is 11.6 Å². The fraction of sp³-hybridized carbons (Fsp3) is 0. The zero-order chi connectivity index (χ0) is 20.2. The molecule has 0 fully saturated rings. The molecule has 0 bridgehead atoms. The summed E-state index contributed by atoms with van der Waals surface area (Å²) >= 11 is 0. The number of anilines is 1. The van der Waals surface area contributed by atoms with E-state index in [-0.39, 0.29) is 17.2 Å². The number of H-pyrrole nitrogens is 1. The normalized spacial score (nSPS) is 11.2. The Balaban J connectivity index is 1.65. The van der Waals surface area contributed by atoms with Crippen LogP contribution in [0.1, 0.15) is 5.56 Å². The van der Waals surface area contributed by atoms with E-state index in [0.29, 0.717) is 11.4 Å². The quantitative estimate of drug-likeness (QED) is 0.416. The molecule has 0 aliphatic heterocycles. The van der Waals surface area contributed by atoms with Gasteiger partial charge < -0.3 is 5.32 Å². The molecule has 29 heavy (non-hydrogen) atoms. The summed E-state index contributed by atoms with van der Waals surface area (Å²) in [4.78, 5) is 29.3. The molecule has 1 amide bonds. The first-order chi connectivity index (χ1) is 14.2. The monoisotopic (exact) mass is 382 g/mol. The highest BCUT2D eigenvalue weighted by atomic mass is 16.2. The van der Waals surface area contributed by atoms with Gasteiger partial charge in [0.15, 0.2) is 5.82 Å². The van der Waals surface area contributed by atoms with Gasteiger partial charge in [-0.1, -0.05) is 60.7 Å². The molecule has 0 radical (unpaired) electrons. The third-order valence-electron chi connectivity index (χ3n) is 4.14. The summed E-state index contributed by atoms with van der Waals surface area (Å²) in [7, 11) is 0. The minimum atomic E-state index is -0.657. The third kappa shape index (κ3) is 3.65. The van der Waals surface area contributed by atoms with Crippen LogP contribution in [0.4, 0.5) is 5.82 Å². The number of aromatic nitrogens is 4. The fourth-order valence-electron chi connectivity index (χ4n) is 2.81. The molecule has 0 atom stereocenters. The first-order valence-corrected chi connectivity index (χ1v) is 8.67. The van der Waals surface area contributed by atoms with E-state index in [2.05, 4.69) is 20.5 Å². The van der Waals surface area contributed by atoms with Crippen molar-refractivity contribution in [3.8, 4) is 17.5 Å². The van der Waals surface area contributed by atoms with Crippen molar-refractivity contribution in [2.24, 2.45) is 0 Å². The number of amides is 1. The zero-order valence-electron chi connectivity index (χ0n) is 15.0. The Bertz CT molecular complexity index is 1310. The number of benzene rings is 2. The summed E-state index contributed by atoms with van der Waals surface area (Å²) in [5, 5.41) is 18.7. The van der Waals surface area contributed by atoms with E-state index in [1.54, 1.807) is 24.3 Å². The first kappa shape index (κ1) is 17.9. The van der Waals surface area contributed by atoms with Crippen LogP contribution in [0.3, 0.4) is 0 Å². The highest BCUT2D eigenvalue weighted by Gasteiger charge is 2.15. The van der Waals surface area contributed by atoms with Crippen molar-refractivity contribution in [1.29, 1.82) is 5.26 Å². The van der Waals surface area contributed by atoms with Crippen molar-refractivity contribution in [3.05, 3.63) is 88.2 Å². The number of carbonyl (C=O) groups excluding carboxylic acids is 1. The molecular formula is C21H14N6O2. The molecule has 2 aromatic heterocycles. The molecule has 4 rings (SSSR count). The van der Waals surface area contributed by atoms with Gasteiger partial charge in [-0.15, -0.1) is 0 Å². The summed E-state index contributed by atoms with van der Waals surface area (Å²) in [6.45, 7) is 0. The smallest absolute Gasteiger partial charge is 0.267 e. The van der Waals surface area contributed by atoms with Gasteiger partial charge in [-0.25, -0.2) is 9.50 Å². The topological polar surface area (TPSA) is 116 Å². The largest absolute Gasteiger partial charge is 0.306 e. The third-order valence-corrected chi connectivity index (χ3v) is 4.14. The molecule has 8 heteroatoms.